The Morgan fingerprint density at radius 1 is 0.636 bits per heavy atom. The van der Waals surface area contributed by atoms with E-state index >= 15 is 0 Å². The van der Waals surface area contributed by atoms with Crippen molar-refractivity contribution in [2.45, 2.75) is 27.7 Å². The van der Waals surface area contributed by atoms with Gasteiger partial charge in [-0.25, -0.2) is 0 Å². The molecule has 0 spiro atoms. The van der Waals surface area contributed by atoms with E-state index < -0.39 is 0 Å². The van der Waals surface area contributed by atoms with Crippen LogP contribution in [-0.4, -0.2) is 53.6 Å². The molecule has 180 valence electrons. The summed E-state index contributed by atoms with van der Waals surface area (Å²) in [5.41, 5.74) is 4.45. The molecule has 2 aromatic carbocycles. The van der Waals surface area contributed by atoms with Gasteiger partial charge < -0.3 is 24.0 Å². The van der Waals surface area contributed by atoms with Crippen LogP contribution < -0.4 is 19.3 Å². The molecule has 0 unspecified atom stereocenters. The van der Waals surface area contributed by atoms with Crippen LogP contribution in [0, 0.1) is 0 Å². The molecule has 0 heterocycles. The SMILES string of the molecule is CCN(CC)c1ccc(C=CCOCC=Cc2ccc(N(CC)CC)cc2OC)c(OC)c1. The van der Waals surface area contributed by atoms with E-state index in [-0.39, 0.29) is 0 Å². The highest BCUT2D eigenvalue weighted by Gasteiger charge is 2.07. The number of hydrogen-bond acceptors (Lipinski definition) is 5. The number of benzene rings is 2. The lowest BCUT2D eigenvalue weighted by molar-refractivity contribution is 0.195. The van der Waals surface area contributed by atoms with Crippen LogP contribution in [0.4, 0.5) is 11.4 Å². The quantitative estimate of drug-likeness (QED) is 0.322. The molecule has 0 saturated carbocycles. The molecule has 5 heteroatoms. The minimum Gasteiger partial charge on any atom is -0.496 e. The van der Waals surface area contributed by atoms with Gasteiger partial charge in [0.15, 0.2) is 0 Å². The first-order valence-corrected chi connectivity index (χ1v) is 11.9. The molecular formula is C28H40N2O3. The number of anilines is 2. The van der Waals surface area contributed by atoms with Crippen molar-refractivity contribution < 1.29 is 14.2 Å². The summed E-state index contributed by atoms with van der Waals surface area (Å²) >= 11 is 0. The summed E-state index contributed by atoms with van der Waals surface area (Å²) in [4.78, 5) is 4.61. The summed E-state index contributed by atoms with van der Waals surface area (Å²) in [6.07, 6.45) is 8.12. The van der Waals surface area contributed by atoms with Crippen LogP contribution in [0.5, 0.6) is 11.5 Å². The van der Waals surface area contributed by atoms with E-state index in [0.717, 1.165) is 48.8 Å². The summed E-state index contributed by atoms with van der Waals surface area (Å²) in [5, 5.41) is 0. The molecule has 0 radical (unpaired) electrons. The van der Waals surface area contributed by atoms with E-state index in [1.165, 1.54) is 11.4 Å². The second-order valence-electron chi connectivity index (χ2n) is 7.54. The summed E-state index contributed by atoms with van der Waals surface area (Å²) in [6.45, 7) is 13.6. The molecule has 0 bridgehead atoms. The summed E-state index contributed by atoms with van der Waals surface area (Å²) in [7, 11) is 3.42. The second-order valence-corrected chi connectivity index (χ2v) is 7.54. The topological polar surface area (TPSA) is 34.2 Å². The van der Waals surface area contributed by atoms with Crippen molar-refractivity contribution >= 4 is 23.5 Å². The Morgan fingerprint density at radius 3 is 1.36 bits per heavy atom. The Hall–Kier alpha value is -2.92. The smallest absolute Gasteiger partial charge is 0.128 e. The third kappa shape index (κ3) is 7.57. The summed E-state index contributed by atoms with van der Waals surface area (Å²) in [5.74, 6) is 1.74. The van der Waals surface area contributed by atoms with Crippen molar-refractivity contribution in [3.8, 4) is 11.5 Å². The van der Waals surface area contributed by atoms with Gasteiger partial charge in [-0.2, -0.15) is 0 Å². The molecule has 0 aliphatic carbocycles. The van der Waals surface area contributed by atoms with Gasteiger partial charge >= 0.3 is 0 Å². The maximum Gasteiger partial charge on any atom is 0.128 e. The maximum absolute atomic E-state index is 5.75. The number of nitrogens with zero attached hydrogens (tertiary/aromatic N) is 2. The fourth-order valence-electron chi connectivity index (χ4n) is 3.80. The standard InChI is InChI=1S/C28H40N2O3/c1-7-29(8-2)25-17-15-23(27(21-25)31-5)13-11-19-33-20-12-14-24-16-18-26(22-28(24)32-6)30(9-3)10-4/h11-18,21-22H,7-10,19-20H2,1-6H3. The van der Waals surface area contributed by atoms with E-state index in [4.69, 9.17) is 14.2 Å². The summed E-state index contributed by atoms with van der Waals surface area (Å²) < 4.78 is 16.9. The van der Waals surface area contributed by atoms with Crippen LogP contribution in [0.3, 0.4) is 0 Å². The zero-order chi connectivity index (χ0) is 24.1. The molecule has 33 heavy (non-hydrogen) atoms. The zero-order valence-corrected chi connectivity index (χ0v) is 21.1. The Kier molecular flexibility index (Phi) is 11.4. The molecule has 0 fully saturated rings. The normalized spacial score (nSPS) is 11.3. The van der Waals surface area contributed by atoms with Gasteiger partial charge in [0.2, 0.25) is 0 Å². The predicted octanol–water partition coefficient (Wildman–Crippen LogP) is 6.14. The summed E-state index contributed by atoms with van der Waals surface area (Å²) in [6, 6.07) is 12.6. The lowest BCUT2D eigenvalue weighted by Crippen LogP contribution is -2.21. The minimum atomic E-state index is 0.531. The average molecular weight is 453 g/mol. The molecule has 0 N–H and O–H groups in total. The van der Waals surface area contributed by atoms with E-state index in [1.807, 2.05) is 24.3 Å². The fourth-order valence-corrected chi connectivity index (χ4v) is 3.80. The van der Waals surface area contributed by atoms with Crippen molar-refractivity contribution in [1.82, 2.24) is 0 Å². The average Bonchev–Trinajstić information content (AvgIpc) is 2.85. The Labute approximate surface area is 200 Å². The maximum atomic E-state index is 5.75. The van der Waals surface area contributed by atoms with Crippen LogP contribution in [0.25, 0.3) is 12.2 Å². The van der Waals surface area contributed by atoms with Crippen molar-refractivity contribution in [1.29, 1.82) is 0 Å². The van der Waals surface area contributed by atoms with E-state index in [0.29, 0.717) is 13.2 Å². The zero-order valence-electron chi connectivity index (χ0n) is 21.1. The van der Waals surface area contributed by atoms with Crippen LogP contribution in [0.2, 0.25) is 0 Å². The Balaban J connectivity index is 1.90. The van der Waals surface area contributed by atoms with Crippen LogP contribution in [0.15, 0.2) is 48.6 Å². The highest BCUT2D eigenvalue weighted by molar-refractivity contribution is 5.64. The monoisotopic (exact) mass is 452 g/mol. The first kappa shape index (κ1) is 26.3. The van der Waals surface area contributed by atoms with Gasteiger partial charge in [0, 0.05) is 60.8 Å². The molecular weight excluding hydrogens is 412 g/mol. The van der Waals surface area contributed by atoms with Crippen molar-refractivity contribution in [2.24, 2.45) is 0 Å². The molecule has 0 aliphatic heterocycles. The van der Waals surface area contributed by atoms with Crippen molar-refractivity contribution in [3.05, 3.63) is 59.7 Å². The van der Waals surface area contributed by atoms with Crippen molar-refractivity contribution in [3.63, 3.8) is 0 Å². The van der Waals surface area contributed by atoms with Gasteiger partial charge in [-0.3, -0.25) is 0 Å². The molecule has 5 nitrogen and oxygen atoms in total. The van der Waals surface area contributed by atoms with Gasteiger partial charge in [-0.1, -0.05) is 24.3 Å². The van der Waals surface area contributed by atoms with Crippen LogP contribution >= 0.6 is 0 Å². The Bertz CT molecular complexity index is 827. The van der Waals surface area contributed by atoms with Gasteiger partial charge in [0.1, 0.15) is 11.5 Å². The Morgan fingerprint density at radius 2 is 1.03 bits per heavy atom. The van der Waals surface area contributed by atoms with Gasteiger partial charge in [0.05, 0.1) is 27.4 Å². The highest BCUT2D eigenvalue weighted by atomic mass is 16.5. The second kappa shape index (κ2) is 14.3. The molecule has 0 atom stereocenters. The molecule has 0 amide bonds. The van der Waals surface area contributed by atoms with E-state index in [1.54, 1.807) is 14.2 Å². The molecule has 0 saturated heterocycles. The number of ether oxygens (including phenoxy) is 3. The van der Waals surface area contributed by atoms with Crippen LogP contribution in [0.1, 0.15) is 38.8 Å². The van der Waals surface area contributed by atoms with E-state index in [9.17, 15) is 0 Å². The molecule has 0 aliphatic rings. The lowest BCUT2D eigenvalue weighted by atomic mass is 10.1. The van der Waals surface area contributed by atoms with Crippen LogP contribution in [-0.2, 0) is 4.74 Å². The largest absolute Gasteiger partial charge is 0.496 e. The lowest BCUT2D eigenvalue weighted by Gasteiger charge is -2.22. The van der Waals surface area contributed by atoms with E-state index in [2.05, 4.69) is 73.9 Å². The fraction of sp³-hybridized carbons (Fsp3) is 0.429. The third-order valence-electron chi connectivity index (χ3n) is 5.71. The molecule has 2 aromatic rings. The third-order valence-corrected chi connectivity index (χ3v) is 5.71. The molecule has 0 aromatic heterocycles. The van der Waals surface area contributed by atoms with Crippen molar-refractivity contribution in [2.75, 3.05) is 63.4 Å². The highest BCUT2D eigenvalue weighted by Crippen LogP contribution is 2.27. The number of rotatable bonds is 14. The van der Waals surface area contributed by atoms with Gasteiger partial charge in [0.25, 0.3) is 0 Å². The first-order valence-electron chi connectivity index (χ1n) is 11.9. The predicted molar refractivity (Wildman–Crippen MR) is 142 cm³/mol. The number of methoxy groups -OCH3 is 2. The van der Waals surface area contributed by atoms with Gasteiger partial charge in [-0.15, -0.1) is 0 Å². The number of hydrogen-bond donors (Lipinski definition) is 0. The minimum absolute atomic E-state index is 0.531. The molecule has 2 rings (SSSR count). The van der Waals surface area contributed by atoms with Gasteiger partial charge in [-0.05, 0) is 52.0 Å². The first-order chi connectivity index (χ1) is 16.1.